The van der Waals surface area contributed by atoms with E-state index >= 15 is 0 Å². The highest BCUT2D eigenvalue weighted by Gasteiger charge is 2.17. The predicted octanol–water partition coefficient (Wildman–Crippen LogP) is 2.99. The third kappa shape index (κ3) is 5.03. The molecular formula is C18H19ClN2O5. The Morgan fingerprint density at radius 3 is 2.50 bits per heavy atom. The molecular weight excluding hydrogens is 360 g/mol. The average Bonchev–Trinajstić information content (AvgIpc) is 2.65. The maximum absolute atomic E-state index is 12.0. The van der Waals surface area contributed by atoms with E-state index in [9.17, 15) is 4.79 Å². The molecule has 8 heteroatoms. The van der Waals surface area contributed by atoms with Gasteiger partial charge in [0.1, 0.15) is 5.75 Å². The zero-order valence-electron chi connectivity index (χ0n) is 14.6. The van der Waals surface area contributed by atoms with Gasteiger partial charge in [-0.2, -0.15) is 0 Å². The van der Waals surface area contributed by atoms with Gasteiger partial charge >= 0.3 is 5.97 Å². The summed E-state index contributed by atoms with van der Waals surface area (Å²) in [6.45, 7) is 1.53. The van der Waals surface area contributed by atoms with Gasteiger partial charge in [-0.1, -0.05) is 22.8 Å². The van der Waals surface area contributed by atoms with Crippen LogP contribution in [0.2, 0.25) is 5.02 Å². The van der Waals surface area contributed by atoms with E-state index in [2.05, 4.69) is 5.16 Å². The van der Waals surface area contributed by atoms with Crippen molar-refractivity contribution in [1.29, 1.82) is 0 Å². The molecule has 2 rings (SSSR count). The predicted molar refractivity (Wildman–Crippen MR) is 97.9 cm³/mol. The molecule has 0 saturated carbocycles. The second kappa shape index (κ2) is 8.96. The van der Waals surface area contributed by atoms with Crippen LogP contribution in [0.5, 0.6) is 17.2 Å². The monoisotopic (exact) mass is 378 g/mol. The first-order valence-corrected chi connectivity index (χ1v) is 8.01. The molecule has 0 aliphatic rings. The van der Waals surface area contributed by atoms with Crippen molar-refractivity contribution >= 4 is 23.4 Å². The summed E-state index contributed by atoms with van der Waals surface area (Å²) in [7, 11) is 3.03. The minimum Gasteiger partial charge on any atom is -0.493 e. The van der Waals surface area contributed by atoms with Crippen molar-refractivity contribution in [1.82, 2.24) is 0 Å². The van der Waals surface area contributed by atoms with E-state index in [1.807, 2.05) is 0 Å². The van der Waals surface area contributed by atoms with Crippen LogP contribution in [0.4, 0.5) is 0 Å². The number of halogens is 1. The highest BCUT2D eigenvalue weighted by atomic mass is 35.5. The Kier molecular flexibility index (Phi) is 6.68. The zero-order chi connectivity index (χ0) is 19.1. The van der Waals surface area contributed by atoms with Gasteiger partial charge in [-0.3, -0.25) is 0 Å². The summed E-state index contributed by atoms with van der Waals surface area (Å²) in [4.78, 5) is 16.9. The van der Waals surface area contributed by atoms with Crippen LogP contribution in [0, 0.1) is 0 Å². The molecule has 0 spiro atoms. The Morgan fingerprint density at radius 2 is 1.85 bits per heavy atom. The van der Waals surface area contributed by atoms with Gasteiger partial charge < -0.3 is 24.8 Å². The number of ether oxygens (including phenoxy) is 3. The van der Waals surface area contributed by atoms with Gasteiger partial charge in [-0.25, -0.2) is 4.79 Å². The Hall–Kier alpha value is -2.93. The number of benzene rings is 2. The molecule has 138 valence electrons. The number of carbonyl (C=O) groups excluding carboxylic acids is 1. The molecule has 2 N–H and O–H groups in total. The fourth-order valence-corrected chi connectivity index (χ4v) is 2.19. The fraction of sp³-hybridized carbons (Fsp3) is 0.222. The fourth-order valence-electron chi connectivity index (χ4n) is 2.01. The summed E-state index contributed by atoms with van der Waals surface area (Å²) in [5.41, 5.74) is 6.36. The summed E-state index contributed by atoms with van der Waals surface area (Å²) >= 11 is 5.87. The lowest BCUT2D eigenvalue weighted by Gasteiger charge is -2.12. The lowest BCUT2D eigenvalue weighted by molar-refractivity contribution is -0.151. The van der Waals surface area contributed by atoms with E-state index in [-0.39, 0.29) is 5.84 Å². The molecule has 0 saturated heterocycles. The van der Waals surface area contributed by atoms with E-state index < -0.39 is 12.1 Å². The Bertz CT molecular complexity index is 810. The van der Waals surface area contributed by atoms with E-state index in [1.54, 1.807) is 42.5 Å². The van der Waals surface area contributed by atoms with Crippen molar-refractivity contribution in [2.75, 3.05) is 14.2 Å². The maximum Gasteiger partial charge on any atom is 0.374 e. The van der Waals surface area contributed by atoms with Crippen LogP contribution in [0.15, 0.2) is 47.6 Å². The zero-order valence-corrected chi connectivity index (χ0v) is 15.3. The molecule has 0 heterocycles. The first-order valence-electron chi connectivity index (χ1n) is 7.63. The molecule has 0 aliphatic heterocycles. The van der Waals surface area contributed by atoms with Crippen molar-refractivity contribution in [3.05, 3.63) is 53.1 Å². The number of amidine groups is 1. The minimum absolute atomic E-state index is 0.00857. The summed E-state index contributed by atoms with van der Waals surface area (Å²) in [6.07, 6.45) is -0.893. The van der Waals surface area contributed by atoms with Crippen LogP contribution in [-0.2, 0) is 9.63 Å². The lowest BCUT2D eigenvalue weighted by atomic mass is 10.2. The average molecular weight is 379 g/mol. The highest BCUT2D eigenvalue weighted by molar-refractivity contribution is 6.30. The topological polar surface area (TPSA) is 92.4 Å². The molecule has 26 heavy (non-hydrogen) atoms. The molecule has 0 aromatic heterocycles. The number of hydrogen-bond donors (Lipinski definition) is 1. The highest BCUT2D eigenvalue weighted by Crippen LogP contribution is 2.27. The molecule has 0 bridgehead atoms. The molecule has 1 unspecified atom stereocenters. The van der Waals surface area contributed by atoms with Crippen molar-refractivity contribution in [3.8, 4) is 17.2 Å². The van der Waals surface area contributed by atoms with Crippen LogP contribution in [-0.4, -0.2) is 32.1 Å². The standard InChI is InChI=1S/C18H19ClN2O5/c1-11(25-14-6-4-5-13(19)10-14)18(22)26-21-17(20)12-7-8-15(23-2)16(9-12)24-3/h4-11H,1-3H3,(H2,20,21). The Labute approximate surface area is 156 Å². The lowest BCUT2D eigenvalue weighted by Crippen LogP contribution is -2.26. The molecule has 1 atom stereocenters. The van der Waals surface area contributed by atoms with Gasteiger partial charge in [-0.15, -0.1) is 0 Å². The van der Waals surface area contributed by atoms with Crippen LogP contribution in [0.25, 0.3) is 0 Å². The molecule has 7 nitrogen and oxygen atoms in total. The number of oxime groups is 1. The van der Waals surface area contributed by atoms with Crippen molar-refractivity contribution in [3.63, 3.8) is 0 Å². The molecule has 2 aromatic rings. The third-order valence-corrected chi connectivity index (χ3v) is 3.59. The minimum atomic E-state index is -0.893. The summed E-state index contributed by atoms with van der Waals surface area (Å²) in [5.74, 6) is 0.776. The number of nitrogens with zero attached hydrogens (tertiary/aromatic N) is 1. The summed E-state index contributed by atoms with van der Waals surface area (Å²) < 4.78 is 15.8. The number of nitrogens with two attached hydrogens (primary N) is 1. The summed E-state index contributed by atoms with van der Waals surface area (Å²) in [5, 5.41) is 4.15. The number of rotatable bonds is 7. The SMILES string of the molecule is COc1ccc(/C(N)=N/OC(=O)C(C)Oc2cccc(Cl)c2)cc1OC. The molecule has 0 amide bonds. The largest absolute Gasteiger partial charge is 0.493 e. The molecule has 0 fully saturated rings. The van der Waals surface area contributed by atoms with E-state index in [4.69, 9.17) is 36.4 Å². The third-order valence-electron chi connectivity index (χ3n) is 3.35. The first kappa shape index (κ1) is 19.4. The first-order chi connectivity index (χ1) is 12.4. The van der Waals surface area contributed by atoms with Crippen LogP contribution in [0.1, 0.15) is 12.5 Å². The normalized spacial score (nSPS) is 12.2. The van der Waals surface area contributed by atoms with Crippen molar-refractivity contribution in [2.45, 2.75) is 13.0 Å². The maximum atomic E-state index is 12.0. The van der Waals surface area contributed by atoms with E-state index in [1.165, 1.54) is 21.1 Å². The van der Waals surface area contributed by atoms with Crippen molar-refractivity contribution < 1.29 is 23.8 Å². The van der Waals surface area contributed by atoms with Gasteiger partial charge in [0, 0.05) is 10.6 Å². The number of carbonyl (C=O) groups is 1. The van der Waals surface area contributed by atoms with Crippen molar-refractivity contribution in [2.24, 2.45) is 10.9 Å². The second-order valence-corrected chi connectivity index (χ2v) is 5.61. The second-order valence-electron chi connectivity index (χ2n) is 5.17. The van der Waals surface area contributed by atoms with Crippen LogP contribution in [0.3, 0.4) is 0 Å². The van der Waals surface area contributed by atoms with Gasteiger partial charge in [0.25, 0.3) is 0 Å². The van der Waals surface area contributed by atoms with Gasteiger partial charge in [-0.05, 0) is 43.3 Å². The molecule has 0 aliphatic carbocycles. The van der Waals surface area contributed by atoms with Crippen LogP contribution < -0.4 is 19.9 Å². The van der Waals surface area contributed by atoms with Crippen LogP contribution >= 0.6 is 11.6 Å². The number of hydrogen-bond acceptors (Lipinski definition) is 6. The number of methoxy groups -OCH3 is 2. The summed E-state index contributed by atoms with van der Waals surface area (Å²) in [6, 6.07) is 11.6. The molecule has 2 aromatic carbocycles. The van der Waals surface area contributed by atoms with E-state index in [0.717, 1.165) is 0 Å². The van der Waals surface area contributed by atoms with Gasteiger partial charge in [0.2, 0.25) is 0 Å². The molecule has 0 radical (unpaired) electrons. The Morgan fingerprint density at radius 1 is 1.12 bits per heavy atom. The van der Waals surface area contributed by atoms with E-state index in [0.29, 0.717) is 27.8 Å². The Balaban J connectivity index is 2.02. The van der Waals surface area contributed by atoms with Gasteiger partial charge in [0.05, 0.1) is 14.2 Å². The smallest absolute Gasteiger partial charge is 0.374 e. The quantitative estimate of drug-likeness (QED) is 0.344. The van der Waals surface area contributed by atoms with Gasteiger partial charge in [0.15, 0.2) is 23.4 Å².